The summed E-state index contributed by atoms with van der Waals surface area (Å²) in [4.78, 5) is 35.5. The molecule has 1 aliphatic carbocycles. The molecule has 0 bridgehead atoms. The largest absolute Gasteiger partial charge is 0.462 e. The molecule has 1 fully saturated rings. The summed E-state index contributed by atoms with van der Waals surface area (Å²) in [5.41, 5.74) is 0.173. The third-order valence-electron chi connectivity index (χ3n) is 5.56. The standard InChI is InChI=1S/C24H36N2O6/c1-16-7-6-8-21(13-16)31-22(27)17(2)14-19(25-23(28)32-24(3,4)5)15-18-9-11-20(12-10-18)26(29)30/h9-12,16-17,19,21H,6-8,13-15H2,1-5H3,(H,25,28)/t16-,17-,19-,21+/m1/s1. The van der Waals surface area contributed by atoms with Gasteiger partial charge in [0.2, 0.25) is 0 Å². The fraction of sp³-hybridized carbons (Fsp3) is 0.667. The maximum Gasteiger partial charge on any atom is 0.407 e. The van der Waals surface area contributed by atoms with Gasteiger partial charge in [0.1, 0.15) is 11.7 Å². The molecule has 32 heavy (non-hydrogen) atoms. The highest BCUT2D eigenvalue weighted by Gasteiger charge is 2.28. The average molecular weight is 449 g/mol. The molecule has 1 N–H and O–H groups in total. The highest BCUT2D eigenvalue weighted by molar-refractivity contribution is 5.72. The number of hydrogen-bond donors (Lipinski definition) is 1. The van der Waals surface area contributed by atoms with Crippen LogP contribution in [-0.2, 0) is 20.7 Å². The van der Waals surface area contributed by atoms with Gasteiger partial charge in [-0.15, -0.1) is 0 Å². The van der Waals surface area contributed by atoms with Gasteiger partial charge in [-0.05, 0) is 64.4 Å². The van der Waals surface area contributed by atoms with Crippen molar-refractivity contribution in [3.63, 3.8) is 0 Å². The summed E-state index contributed by atoms with van der Waals surface area (Å²) in [6.45, 7) is 9.32. The lowest BCUT2D eigenvalue weighted by atomic mass is 9.88. The van der Waals surface area contributed by atoms with E-state index in [0.717, 1.165) is 24.8 Å². The first-order chi connectivity index (χ1) is 14.9. The minimum Gasteiger partial charge on any atom is -0.462 e. The number of carbonyl (C=O) groups excluding carboxylic acids is 2. The van der Waals surface area contributed by atoms with Gasteiger partial charge in [-0.3, -0.25) is 14.9 Å². The van der Waals surface area contributed by atoms with Gasteiger partial charge in [-0.1, -0.05) is 32.4 Å². The molecule has 0 unspecified atom stereocenters. The number of esters is 1. The highest BCUT2D eigenvalue weighted by Crippen LogP contribution is 2.27. The van der Waals surface area contributed by atoms with Crippen molar-refractivity contribution in [3.05, 3.63) is 39.9 Å². The molecule has 4 atom stereocenters. The number of rotatable bonds is 8. The molecule has 178 valence electrons. The maximum atomic E-state index is 12.7. The van der Waals surface area contributed by atoms with Crippen LogP contribution in [-0.4, -0.2) is 34.7 Å². The Balaban J connectivity index is 2.04. The van der Waals surface area contributed by atoms with E-state index in [2.05, 4.69) is 12.2 Å². The first kappa shape index (κ1) is 25.6. The lowest BCUT2D eigenvalue weighted by Crippen LogP contribution is -2.42. The number of carbonyl (C=O) groups is 2. The molecule has 2 rings (SSSR count). The molecule has 8 heteroatoms. The van der Waals surface area contributed by atoms with Crippen LogP contribution in [0.5, 0.6) is 0 Å². The molecule has 0 aromatic heterocycles. The summed E-state index contributed by atoms with van der Waals surface area (Å²) in [5, 5.41) is 13.8. The maximum absolute atomic E-state index is 12.7. The number of hydrogen-bond acceptors (Lipinski definition) is 6. The van der Waals surface area contributed by atoms with Crippen molar-refractivity contribution in [2.45, 2.75) is 90.9 Å². The lowest BCUT2D eigenvalue weighted by Gasteiger charge is -2.29. The predicted molar refractivity (Wildman–Crippen MR) is 121 cm³/mol. The molecule has 0 aliphatic heterocycles. The number of nitrogens with zero attached hydrogens (tertiary/aromatic N) is 1. The fourth-order valence-electron chi connectivity index (χ4n) is 3.99. The zero-order valence-corrected chi connectivity index (χ0v) is 19.8. The molecule has 1 saturated carbocycles. The quantitative estimate of drug-likeness (QED) is 0.333. The van der Waals surface area contributed by atoms with Crippen LogP contribution >= 0.6 is 0 Å². The van der Waals surface area contributed by atoms with Crippen LogP contribution < -0.4 is 5.32 Å². The predicted octanol–water partition coefficient (Wildman–Crippen LogP) is 5.18. The first-order valence-electron chi connectivity index (χ1n) is 11.4. The summed E-state index contributed by atoms with van der Waals surface area (Å²) in [6.07, 6.45) is 4.20. The molecule has 1 amide bonds. The molecule has 1 aromatic carbocycles. The van der Waals surface area contributed by atoms with E-state index in [1.807, 2.05) is 0 Å². The summed E-state index contributed by atoms with van der Waals surface area (Å²) < 4.78 is 11.1. The van der Waals surface area contributed by atoms with Gasteiger partial charge in [0.25, 0.3) is 5.69 Å². The van der Waals surface area contributed by atoms with Gasteiger partial charge in [0.15, 0.2) is 0 Å². The van der Waals surface area contributed by atoms with Crippen molar-refractivity contribution >= 4 is 17.7 Å². The Kier molecular flexibility index (Phi) is 9.04. The molecular weight excluding hydrogens is 412 g/mol. The number of nitro groups is 1. The summed E-state index contributed by atoms with van der Waals surface area (Å²) >= 11 is 0. The molecule has 0 spiro atoms. The van der Waals surface area contributed by atoms with Gasteiger partial charge in [0.05, 0.1) is 10.8 Å². The van der Waals surface area contributed by atoms with Crippen LogP contribution in [0, 0.1) is 22.0 Å². The van der Waals surface area contributed by atoms with Gasteiger partial charge in [0, 0.05) is 18.2 Å². The third kappa shape index (κ3) is 8.85. The average Bonchev–Trinajstić information content (AvgIpc) is 2.66. The number of nitrogens with one attached hydrogen (secondary N) is 1. The van der Waals surface area contributed by atoms with Gasteiger partial charge < -0.3 is 14.8 Å². The van der Waals surface area contributed by atoms with E-state index in [9.17, 15) is 19.7 Å². The van der Waals surface area contributed by atoms with E-state index in [-0.39, 0.29) is 23.8 Å². The number of nitro benzene ring substituents is 1. The van der Waals surface area contributed by atoms with Crippen molar-refractivity contribution in [3.8, 4) is 0 Å². The summed E-state index contributed by atoms with van der Waals surface area (Å²) in [5.74, 6) is -0.116. The van der Waals surface area contributed by atoms with Crippen LogP contribution in [0.15, 0.2) is 24.3 Å². The van der Waals surface area contributed by atoms with E-state index in [0.29, 0.717) is 18.8 Å². The van der Waals surface area contributed by atoms with Crippen molar-refractivity contribution < 1.29 is 24.0 Å². The van der Waals surface area contributed by atoms with Gasteiger partial charge in [-0.2, -0.15) is 0 Å². The van der Waals surface area contributed by atoms with E-state index in [1.54, 1.807) is 39.8 Å². The fourth-order valence-corrected chi connectivity index (χ4v) is 3.99. The minimum atomic E-state index is -0.649. The number of ether oxygens (including phenoxy) is 2. The van der Waals surface area contributed by atoms with Crippen LogP contribution in [0.25, 0.3) is 0 Å². The zero-order chi connectivity index (χ0) is 23.9. The topological polar surface area (TPSA) is 108 Å². The summed E-state index contributed by atoms with van der Waals surface area (Å²) in [6, 6.07) is 5.80. The molecule has 0 saturated heterocycles. The first-order valence-corrected chi connectivity index (χ1v) is 11.4. The minimum absolute atomic E-state index is 0.00376. The number of benzene rings is 1. The third-order valence-corrected chi connectivity index (χ3v) is 5.56. The van der Waals surface area contributed by atoms with E-state index in [1.165, 1.54) is 18.6 Å². The Hall–Kier alpha value is -2.64. The van der Waals surface area contributed by atoms with Crippen LogP contribution in [0.1, 0.15) is 72.3 Å². The van der Waals surface area contributed by atoms with Crippen molar-refractivity contribution in [2.75, 3.05) is 0 Å². The Morgan fingerprint density at radius 2 is 1.88 bits per heavy atom. The SMILES string of the molecule is C[C@@H]1CCC[C@H](OC(=O)[C@H](C)C[C@H](Cc2ccc([N+](=O)[O-])cc2)NC(=O)OC(C)(C)C)C1. The van der Waals surface area contributed by atoms with Gasteiger partial charge >= 0.3 is 12.1 Å². The second-order valence-electron chi connectivity index (χ2n) is 9.94. The van der Waals surface area contributed by atoms with E-state index < -0.39 is 22.5 Å². The monoisotopic (exact) mass is 448 g/mol. The van der Waals surface area contributed by atoms with Crippen LogP contribution in [0.2, 0.25) is 0 Å². The number of non-ortho nitro benzene ring substituents is 1. The lowest BCUT2D eigenvalue weighted by molar-refractivity contribution is -0.384. The van der Waals surface area contributed by atoms with Crippen molar-refractivity contribution in [2.24, 2.45) is 11.8 Å². The number of alkyl carbamates (subject to hydrolysis) is 1. The molecule has 1 aliphatic rings. The molecule has 8 nitrogen and oxygen atoms in total. The molecule has 1 aromatic rings. The van der Waals surface area contributed by atoms with E-state index >= 15 is 0 Å². The summed E-state index contributed by atoms with van der Waals surface area (Å²) in [7, 11) is 0. The normalized spacial score (nSPS) is 20.7. The van der Waals surface area contributed by atoms with Gasteiger partial charge in [-0.25, -0.2) is 4.79 Å². The molecule has 0 heterocycles. The second kappa shape index (κ2) is 11.3. The van der Waals surface area contributed by atoms with E-state index in [4.69, 9.17) is 9.47 Å². The zero-order valence-electron chi connectivity index (χ0n) is 19.8. The smallest absolute Gasteiger partial charge is 0.407 e. The second-order valence-corrected chi connectivity index (χ2v) is 9.94. The van der Waals surface area contributed by atoms with Crippen molar-refractivity contribution in [1.82, 2.24) is 5.32 Å². The van der Waals surface area contributed by atoms with Crippen LogP contribution in [0.4, 0.5) is 10.5 Å². The Morgan fingerprint density at radius 3 is 2.44 bits per heavy atom. The Labute approximate surface area is 190 Å². The Bertz CT molecular complexity index is 787. The Morgan fingerprint density at radius 1 is 1.22 bits per heavy atom. The van der Waals surface area contributed by atoms with Crippen molar-refractivity contribution in [1.29, 1.82) is 0 Å². The molecule has 0 radical (unpaired) electrons. The highest BCUT2D eigenvalue weighted by atomic mass is 16.6. The molecular formula is C24H36N2O6. The van der Waals surface area contributed by atoms with Crippen LogP contribution in [0.3, 0.4) is 0 Å². The number of amides is 1.